The van der Waals surface area contributed by atoms with Gasteiger partial charge in [0.15, 0.2) is 0 Å². The highest BCUT2D eigenvalue weighted by Gasteiger charge is 2.54. The second kappa shape index (κ2) is 6.21. The normalized spacial score (nSPS) is 21.8. The second-order valence-electron chi connectivity index (χ2n) is 7.18. The van der Waals surface area contributed by atoms with E-state index in [9.17, 15) is 4.79 Å². The molecular formula is C20H24N2O3. The van der Waals surface area contributed by atoms with Gasteiger partial charge in [0, 0.05) is 12.6 Å². The van der Waals surface area contributed by atoms with Crippen LogP contribution in [0.5, 0.6) is 5.75 Å². The maximum Gasteiger partial charge on any atom is 0.233 e. The zero-order valence-electron chi connectivity index (χ0n) is 14.8. The quantitative estimate of drug-likeness (QED) is 0.850. The Morgan fingerprint density at radius 3 is 2.64 bits per heavy atom. The zero-order chi connectivity index (χ0) is 17.4. The number of piperidine rings is 1. The number of ether oxygens (including phenoxy) is 1. The van der Waals surface area contributed by atoms with Crippen molar-refractivity contribution in [2.75, 3.05) is 13.7 Å². The van der Waals surface area contributed by atoms with Crippen molar-refractivity contribution < 1.29 is 14.1 Å². The number of nitrogens with zero attached hydrogens (tertiary/aromatic N) is 2. The molecular weight excluding hydrogens is 316 g/mol. The summed E-state index contributed by atoms with van der Waals surface area (Å²) in [5.74, 6) is 1.85. The Morgan fingerprint density at radius 1 is 1.28 bits per heavy atom. The Labute approximate surface area is 147 Å². The van der Waals surface area contributed by atoms with Crippen molar-refractivity contribution >= 4 is 5.91 Å². The maximum absolute atomic E-state index is 13.5. The summed E-state index contributed by atoms with van der Waals surface area (Å²) in [4.78, 5) is 15.5. The van der Waals surface area contributed by atoms with E-state index in [-0.39, 0.29) is 17.4 Å². The molecule has 1 atom stereocenters. The minimum Gasteiger partial charge on any atom is -0.497 e. The van der Waals surface area contributed by atoms with Crippen LogP contribution < -0.4 is 4.74 Å². The van der Waals surface area contributed by atoms with Gasteiger partial charge in [-0.1, -0.05) is 17.3 Å². The van der Waals surface area contributed by atoms with Gasteiger partial charge in [0.2, 0.25) is 5.91 Å². The van der Waals surface area contributed by atoms with Crippen molar-refractivity contribution in [1.29, 1.82) is 0 Å². The lowest BCUT2D eigenvalue weighted by Gasteiger charge is -2.37. The third kappa shape index (κ3) is 2.81. The minimum atomic E-state index is -0.360. The summed E-state index contributed by atoms with van der Waals surface area (Å²) >= 11 is 0. The van der Waals surface area contributed by atoms with Gasteiger partial charge in [-0.25, -0.2) is 0 Å². The average molecular weight is 340 g/mol. The number of aryl methyl sites for hydroxylation is 1. The molecule has 5 nitrogen and oxygen atoms in total. The molecule has 0 unspecified atom stereocenters. The van der Waals surface area contributed by atoms with Gasteiger partial charge < -0.3 is 14.2 Å². The van der Waals surface area contributed by atoms with Crippen molar-refractivity contribution in [2.45, 2.75) is 50.5 Å². The van der Waals surface area contributed by atoms with Gasteiger partial charge in [-0.15, -0.1) is 0 Å². The fourth-order valence-electron chi connectivity index (χ4n) is 3.96. The Hall–Kier alpha value is -2.30. The molecule has 0 radical (unpaired) electrons. The third-order valence-corrected chi connectivity index (χ3v) is 5.55. The molecule has 1 amide bonds. The van der Waals surface area contributed by atoms with Crippen molar-refractivity contribution in [3.05, 3.63) is 47.3 Å². The standard InChI is InChI=1S/C20H24N2O3/c1-14-13-17(21-25-14)18-5-3-4-12-22(18)19(23)20(10-11-20)15-6-8-16(24-2)9-7-15/h6-9,13,18H,3-5,10-12H2,1-2H3/t18-/m1/s1. The monoisotopic (exact) mass is 340 g/mol. The van der Waals surface area contributed by atoms with Crippen LogP contribution in [0.3, 0.4) is 0 Å². The fourth-order valence-corrected chi connectivity index (χ4v) is 3.96. The van der Waals surface area contributed by atoms with Gasteiger partial charge in [0.1, 0.15) is 17.2 Å². The molecule has 1 aliphatic heterocycles. The van der Waals surface area contributed by atoms with Crippen LogP contribution in [0.2, 0.25) is 0 Å². The number of aromatic nitrogens is 1. The lowest BCUT2D eigenvalue weighted by Crippen LogP contribution is -2.44. The molecule has 0 spiro atoms. The predicted octanol–water partition coefficient (Wildman–Crippen LogP) is 3.78. The smallest absolute Gasteiger partial charge is 0.233 e. The van der Waals surface area contributed by atoms with E-state index in [1.54, 1.807) is 7.11 Å². The van der Waals surface area contributed by atoms with Crippen LogP contribution in [-0.2, 0) is 10.2 Å². The van der Waals surface area contributed by atoms with E-state index in [4.69, 9.17) is 9.26 Å². The van der Waals surface area contributed by atoms with Crippen LogP contribution in [-0.4, -0.2) is 29.6 Å². The number of methoxy groups -OCH3 is 1. The minimum absolute atomic E-state index is 0.0365. The molecule has 0 N–H and O–H groups in total. The number of hydrogen-bond donors (Lipinski definition) is 0. The van der Waals surface area contributed by atoms with E-state index in [1.165, 1.54) is 0 Å². The first kappa shape index (κ1) is 16.2. The zero-order valence-corrected chi connectivity index (χ0v) is 14.8. The number of amides is 1. The van der Waals surface area contributed by atoms with Crippen molar-refractivity contribution in [3.63, 3.8) is 0 Å². The van der Waals surface area contributed by atoms with Gasteiger partial charge in [0.25, 0.3) is 0 Å². The highest BCUT2D eigenvalue weighted by Crippen LogP contribution is 2.51. The molecule has 1 aromatic heterocycles. The largest absolute Gasteiger partial charge is 0.497 e. The molecule has 5 heteroatoms. The number of hydrogen-bond acceptors (Lipinski definition) is 4. The summed E-state index contributed by atoms with van der Waals surface area (Å²) in [5.41, 5.74) is 1.62. The van der Waals surface area contributed by atoms with Crippen LogP contribution in [0.15, 0.2) is 34.9 Å². The number of likely N-dealkylation sites (tertiary alicyclic amines) is 1. The summed E-state index contributed by atoms with van der Waals surface area (Å²) in [7, 11) is 1.66. The van der Waals surface area contributed by atoms with Crippen LogP contribution in [0.25, 0.3) is 0 Å². The molecule has 1 aromatic carbocycles. The first-order valence-electron chi connectivity index (χ1n) is 9.03. The maximum atomic E-state index is 13.5. The van der Waals surface area contributed by atoms with Gasteiger partial charge >= 0.3 is 0 Å². The van der Waals surface area contributed by atoms with E-state index in [1.807, 2.05) is 42.2 Å². The van der Waals surface area contributed by atoms with Crippen LogP contribution in [0.1, 0.15) is 55.2 Å². The van der Waals surface area contributed by atoms with Crippen LogP contribution in [0.4, 0.5) is 0 Å². The summed E-state index contributed by atoms with van der Waals surface area (Å²) in [5, 5.41) is 4.18. The van der Waals surface area contributed by atoms with Crippen molar-refractivity contribution in [3.8, 4) is 5.75 Å². The molecule has 2 heterocycles. The first-order chi connectivity index (χ1) is 12.1. The lowest BCUT2D eigenvalue weighted by molar-refractivity contribution is -0.138. The summed E-state index contributed by atoms with van der Waals surface area (Å²) < 4.78 is 10.5. The Balaban J connectivity index is 1.61. The Bertz CT molecular complexity index is 762. The fraction of sp³-hybridized carbons (Fsp3) is 0.500. The second-order valence-corrected chi connectivity index (χ2v) is 7.18. The molecule has 1 saturated heterocycles. The van der Waals surface area contributed by atoms with Crippen molar-refractivity contribution in [2.24, 2.45) is 0 Å². The average Bonchev–Trinajstić information content (AvgIpc) is 3.36. The van der Waals surface area contributed by atoms with Crippen molar-refractivity contribution in [1.82, 2.24) is 10.1 Å². The van der Waals surface area contributed by atoms with E-state index in [0.717, 1.165) is 61.4 Å². The molecule has 132 valence electrons. The topological polar surface area (TPSA) is 55.6 Å². The summed E-state index contributed by atoms with van der Waals surface area (Å²) in [6.45, 7) is 2.69. The van der Waals surface area contributed by atoms with E-state index in [0.29, 0.717) is 0 Å². The van der Waals surface area contributed by atoms with E-state index in [2.05, 4.69) is 5.16 Å². The molecule has 2 fully saturated rings. The molecule has 1 aliphatic carbocycles. The molecule has 2 aliphatic rings. The van der Waals surface area contributed by atoms with E-state index >= 15 is 0 Å². The number of rotatable bonds is 4. The molecule has 25 heavy (non-hydrogen) atoms. The Morgan fingerprint density at radius 2 is 2.04 bits per heavy atom. The SMILES string of the molecule is COc1ccc(C2(C(=O)N3CCCC[C@@H]3c3cc(C)on3)CC2)cc1. The summed E-state index contributed by atoms with van der Waals surface area (Å²) in [6.07, 6.45) is 4.96. The Kier molecular flexibility index (Phi) is 4.02. The van der Waals surface area contributed by atoms with Crippen LogP contribution in [0, 0.1) is 6.92 Å². The van der Waals surface area contributed by atoms with Gasteiger partial charge in [-0.2, -0.15) is 0 Å². The molecule has 1 saturated carbocycles. The lowest BCUT2D eigenvalue weighted by atomic mass is 9.90. The van der Waals surface area contributed by atoms with Gasteiger partial charge in [-0.05, 0) is 56.7 Å². The number of benzene rings is 1. The number of carbonyl (C=O) groups excluding carboxylic acids is 1. The van der Waals surface area contributed by atoms with E-state index < -0.39 is 0 Å². The molecule has 0 bridgehead atoms. The third-order valence-electron chi connectivity index (χ3n) is 5.55. The first-order valence-corrected chi connectivity index (χ1v) is 9.03. The predicted molar refractivity (Wildman–Crippen MR) is 93.5 cm³/mol. The highest BCUT2D eigenvalue weighted by atomic mass is 16.5. The van der Waals surface area contributed by atoms with Gasteiger partial charge in [0.05, 0.1) is 18.6 Å². The molecule has 4 rings (SSSR count). The van der Waals surface area contributed by atoms with Gasteiger partial charge in [-0.3, -0.25) is 4.79 Å². The van der Waals surface area contributed by atoms with Crippen LogP contribution >= 0.6 is 0 Å². The highest BCUT2D eigenvalue weighted by molar-refractivity contribution is 5.91. The summed E-state index contributed by atoms with van der Waals surface area (Å²) in [6, 6.07) is 9.94. The molecule has 2 aromatic rings. The number of carbonyl (C=O) groups is 1.